The van der Waals surface area contributed by atoms with Crippen LogP contribution in [0.15, 0.2) is 42.7 Å². The van der Waals surface area contributed by atoms with E-state index in [1.165, 1.54) is 12.1 Å². The molecule has 0 saturated heterocycles. The zero-order chi connectivity index (χ0) is 16.4. The van der Waals surface area contributed by atoms with Gasteiger partial charge in [-0.3, -0.25) is 9.78 Å². The van der Waals surface area contributed by atoms with Gasteiger partial charge in [0.1, 0.15) is 11.6 Å². The van der Waals surface area contributed by atoms with E-state index in [0.717, 1.165) is 25.3 Å². The van der Waals surface area contributed by atoms with Gasteiger partial charge in [0.25, 0.3) is 0 Å². The van der Waals surface area contributed by atoms with Crippen LogP contribution in [0.25, 0.3) is 0 Å². The van der Waals surface area contributed by atoms with Crippen LogP contribution in [0, 0.1) is 17.6 Å². The molecule has 0 spiro atoms. The van der Waals surface area contributed by atoms with Crippen LogP contribution in [-0.4, -0.2) is 22.8 Å². The third-order valence-electron chi connectivity index (χ3n) is 4.45. The Balaban J connectivity index is 2.01. The lowest BCUT2D eigenvalue weighted by molar-refractivity contribution is -0.138. The van der Waals surface area contributed by atoms with Crippen molar-refractivity contribution in [1.29, 1.82) is 0 Å². The molecule has 1 saturated carbocycles. The SMILES string of the molecule is CN(C(=O)C1CCC1)[C@H](c1cccnc1)c1ccc(F)cc1F. The Morgan fingerprint density at radius 2 is 2.09 bits per heavy atom. The van der Waals surface area contributed by atoms with Gasteiger partial charge in [0.15, 0.2) is 0 Å². The number of halogens is 2. The van der Waals surface area contributed by atoms with Gasteiger partial charge in [0.2, 0.25) is 5.91 Å². The van der Waals surface area contributed by atoms with Crippen LogP contribution in [0.1, 0.15) is 36.4 Å². The first-order valence-corrected chi connectivity index (χ1v) is 7.69. The average Bonchev–Trinajstić information content (AvgIpc) is 2.49. The van der Waals surface area contributed by atoms with Gasteiger partial charge in [-0.2, -0.15) is 0 Å². The van der Waals surface area contributed by atoms with Crippen molar-refractivity contribution in [1.82, 2.24) is 9.88 Å². The van der Waals surface area contributed by atoms with E-state index in [1.54, 1.807) is 36.5 Å². The lowest BCUT2D eigenvalue weighted by Gasteiger charge is -2.35. The van der Waals surface area contributed by atoms with Gasteiger partial charge in [-0.05, 0) is 30.5 Å². The van der Waals surface area contributed by atoms with Gasteiger partial charge in [-0.1, -0.05) is 18.6 Å². The minimum absolute atomic E-state index is 0.00248. The number of rotatable bonds is 4. The summed E-state index contributed by atoms with van der Waals surface area (Å²) in [5.74, 6) is -1.30. The molecule has 0 bridgehead atoms. The van der Waals surface area contributed by atoms with Crippen LogP contribution in [0.5, 0.6) is 0 Å². The van der Waals surface area contributed by atoms with Crippen LogP contribution >= 0.6 is 0 Å². The Morgan fingerprint density at radius 1 is 1.30 bits per heavy atom. The molecule has 1 amide bonds. The fourth-order valence-electron chi connectivity index (χ4n) is 2.94. The molecule has 1 aromatic carbocycles. The number of hydrogen-bond donors (Lipinski definition) is 0. The van der Waals surface area contributed by atoms with E-state index in [1.807, 2.05) is 0 Å². The lowest BCUT2D eigenvalue weighted by atomic mass is 9.83. The number of benzene rings is 1. The Morgan fingerprint density at radius 3 is 2.65 bits per heavy atom. The molecule has 120 valence electrons. The Labute approximate surface area is 134 Å². The number of hydrogen-bond acceptors (Lipinski definition) is 2. The summed E-state index contributed by atoms with van der Waals surface area (Å²) in [6, 6.07) is 6.38. The van der Waals surface area contributed by atoms with E-state index in [0.29, 0.717) is 5.56 Å². The summed E-state index contributed by atoms with van der Waals surface area (Å²) in [5.41, 5.74) is 0.975. The molecule has 1 aliphatic rings. The molecule has 0 unspecified atom stereocenters. The second-order valence-corrected chi connectivity index (χ2v) is 5.93. The monoisotopic (exact) mass is 316 g/mol. The molecule has 5 heteroatoms. The molecule has 0 radical (unpaired) electrons. The van der Waals surface area contributed by atoms with Gasteiger partial charge in [0.05, 0.1) is 6.04 Å². The maximum absolute atomic E-state index is 14.3. The van der Waals surface area contributed by atoms with Crippen molar-refractivity contribution in [3.63, 3.8) is 0 Å². The van der Waals surface area contributed by atoms with Crippen LogP contribution < -0.4 is 0 Å². The Bertz CT molecular complexity index is 701. The molecule has 23 heavy (non-hydrogen) atoms. The molecule has 1 aromatic heterocycles. The molecule has 1 heterocycles. The number of amides is 1. The summed E-state index contributed by atoms with van der Waals surface area (Å²) >= 11 is 0. The first-order chi connectivity index (χ1) is 11.1. The van der Waals surface area contributed by atoms with Crippen molar-refractivity contribution < 1.29 is 13.6 Å². The Hall–Kier alpha value is -2.30. The summed E-state index contributed by atoms with van der Waals surface area (Å²) in [6.07, 6.45) is 6.02. The highest BCUT2D eigenvalue weighted by Crippen LogP contribution is 2.34. The van der Waals surface area contributed by atoms with Gasteiger partial charge >= 0.3 is 0 Å². The highest BCUT2D eigenvalue weighted by Gasteiger charge is 2.33. The largest absolute Gasteiger partial charge is 0.334 e. The number of pyridine rings is 1. The Kier molecular flexibility index (Phi) is 4.37. The molecular formula is C18H18F2N2O. The fraction of sp³-hybridized carbons (Fsp3) is 0.333. The van der Waals surface area contributed by atoms with Crippen LogP contribution in [0.2, 0.25) is 0 Å². The summed E-state index contributed by atoms with van der Waals surface area (Å²) in [7, 11) is 1.67. The smallest absolute Gasteiger partial charge is 0.226 e. The van der Waals surface area contributed by atoms with Gasteiger partial charge < -0.3 is 4.90 Å². The standard InChI is InChI=1S/C18H18F2N2O/c1-22(18(23)12-4-2-5-12)17(13-6-3-9-21-11-13)15-8-7-14(19)10-16(15)20/h3,6-12,17H,2,4-5H2,1H3/t17-/m1/s1. The third-order valence-corrected chi connectivity index (χ3v) is 4.45. The third kappa shape index (κ3) is 3.09. The second-order valence-electron chi connectivity index (χ2n) is 5.93. The quantitative estimate of drug-likeness (QED) is 0.861. The molecule has 0 N–H and O–H groups in total. The van der Waals surface area contributed by atoms with E-state index in [4.69, 9.17) is 0 Å². The predicted octanol–water partition coefficient (Wildman–Crippen LogP) is 3.71. The molecule has 2 aromatic rings. The summed E-state index contributed by atoms with van der Waals surface area (Å²) in [4.78, 5) is 18.2. The van der Waals surface area contributed by atoms with Crippen molar-refractivity contribution in [2.45, 2.75) is 25.3 Å². The topological polar surface area (TPSA) is 33.2 Å². The number of nitrogens with zero attached hydrogens (tertiary/aromatic N) is 2. The molecule has 1 aliphatic carbocycles. The lowest BCUT2D eigenvalue weighted by Crippen LogP contribution is -2.39. The molecule has 0 aliphatic heterocycles. The van der Waals surface area contributed by atoms with E-state index in [2.05, 4.69) is 4.98 Å². The summed E-state index contributed by atoms with van der Waals surface area (Å²) in [5, 5.41) is 0. The van der Waals surface area contributed by atoms with Crippen molar-refractivity contribution >= 4 is 5.91 Å². The number of aromatic nitrogens is 1. The summed E-state index contributed by atoms with van der Waals surface area (Å²) < 4.78 is 27.5. The fourth-order valence-corrected chi connectivity index (χ4v) is 2.94. The minimum atomic E-state index is -0.660. The second kappa shape index (κ2) is 6.44. The molecule has 1 fully saturated rings. The number of carbonyl (C=O) groups excluding carboxylic acids is 1. The molecule has 1 atom stereocenters. The maximum Gasteiger partial charge on any atom is 0.226 e. The van der Waals surface area contributed by atoms with Gasteiger partial charge in [0, 0.05) is 37.0 Å². The molecular weight excluding hydrogens is 298 g/mol. The first-order valence-electron chi connectivity index (χ1n) is 7.69. The predicted molar refractivity (Wildman–Crippen MR) is 82.5 cm³/mol. The molecule has 3 nitrogen and oxygen atoms in total. The van der Waals surface area contributed by atoms with Crippen molar-refractivity contribution in [2.24, 2.45) is 5.92 Å². The van der Waals surface area contributed by atoms with Crippen molar-refractivity contribution in [3.05, 3.63) is 65.5 Å². The highest BCUT2D eigenvalue weighted by molar-refractivity contribution is 5.80. The van der Waals surface area contributed by atoms with E-state index in [9.17, 15) is 13.6 Å². The van der Waals surface area contributed by atoms with E-state index >= 15 is 0 Å². The van der Waals surface area contributed by atoms with Crippen LogP contribution in [0.3, 0.4) is 0 Å². The van der Waals surface area contributed by atoms with Crippen molar-refractivity contribution in [2.75, 3.05) is 7.05 Å². The van der Waals surface area contributed by atoms with E-state index in [-0.39, 0.29) is 17.4 Å². The van der Waals surface area contributed by atoms with Gasteiger partial charge in [-0.15, -0.1) is 0 Å². The average molecular weight is 316 g/mol. The summed E-state index contributed by atoms with van der Waals surface area (Å²) in [6.45, 7) is 0. The normalized spacial score (nSPS) is 15.8. The van der Waals surface area contributed by atoms with Crippen molar-refractivity contribution in [3.8, 4) is 0 Å². The zero-order valence-corrected chi connectivity index (χ0v) is 12.9. The maximum atomic E-state index is 14.3. The minimum Gasteiger partial charge on any atom is -0.334 e. The van der Waals surface area contributed by atoms with Crippen LogP contribution in [0.4, 0.5) is 8.78 Å². The number of carbonyl (C=O) groups is 1. The first kappa shape index (κ1) is 15.6. The highest BCUT2D eigenvalue weighted by atomic mass is 19.1. The van der Waals surface area contributed by atoms with E-state index < -0.39 is 17.7 Å². The van der Waals surface area contributed by atoms with Gasteiger partial charge in [-0.25, -0.2) is 8.78 Å². The molecule has 3 rings (SSSR count). The van der Waals surface area contributed by atoms with Crippen LogP contribution in [-0.2, 0) is 4.79 Å². The zero-order valence-electron chi connectivity index (χ0n) is 12.9.